The van der Waals surface area contributed by atoms with Gasteiger partial charge in [0.15, 0.2) is 0 Å². The Morgan fingerprint density at radius 1 is 0.567 bits per heavy atom. The third-order valence-electron chi connectivity index (χ3n) is 7.71. The molecule has 0 saturated carbocycles. The van der Waals surface area contributed by atoms with Gasteiger partial charge in [-0.15, -0.1) is 20.5 Å². The average molecular weight is 952 g/mol. The van der Waals surface area contributed by atoms with Crippen molar-refractivity contribution in [1.82, 2.24) is 15.0 Å². The first-order valence-corrected chi connectivity index (χ1v) is 20.9. The van der Waals surface area contributed by atoms with Crippen molar-refractivity contribution in [3.8, 4) is 0 Å². The zero-order chi connectivity index (χ0) is 41.0. The van der Waals surface area contributed by atoms with Gasteiger partial charge in [-0.25, -0.2) is 33.7 Å². The van der Waals surface area contributed by atoms with Crippen LogP contribution < -0.4 is 129 Å². The van der Waals surface area contributed by atoms with Gasteiger partial charge in [-0.05, 0) is 84.8 Å². The molecule has 0 atom stereocenters. The molecule has 0 aliphatic heterocycles. The van der Waals surface area contributed by atoms with Crippen LogP contribution in [0.25, 0.3) is 21.5 Å². The first-order chi connectivity index (χ1) is 26.0. The number of nitrogens with zero attached hydrogens (tertiary/aromatic N) is 6. The zero-order valence-corrected chi connectivity index (χ0v) is 43.5. The summed E-state index contributed by atoms with van der Waals surface area (Å²) >= 11 is 5.86. The van der Waals surface area contributed by atoms with Crippen LogP contribution in [0.3, 0.4) is 0 Å². The molecular formula is C30H18ClN9Na4O12S4. The number of nitrogens with one attached hydrogen (secondary N) is 3. The molecule has 0 spiro atoms. The fourth-order valence-corrected chi connectivity index (χ4v) is 7.82. The van der Waals surface area contributed by atoms with Crippen LogP contribution in [0.5, 0.6) is 0 Å². The maximum Gasteiger partial charge on any atom is 1.00 e. The summed E-state index contributed by atoms with van der Waals surface area (Å²) in [6, 6.07) is 12.9. The second kappa shape index (κ2) is 20.9. The van der Waals surface area contributed by atoms with E-state index in [9.17, 15) is 51.9 Å². The van der Waals surface area contributed by atoms with Crippen LogP contribution in [0, 0.1) is 12.3 Å². The van der Waals surface area contributed by atoms with Gasteiger partial charge in [0, 0.05) is 27.2 Å². The van der Waals surface area contributed by atoms with Crippen LogP contribution in [0.4, 0.5) is 34.4 Å². The molecule has 0 bridgehead atoms. The van der Waals surface area contributed by atoms with Crippen molar-refractivity contribution in [2.45, 2.75) is 26.5 Å². The van der Waals surface area contributed by atoms with E-state index in [2.05, 4.69) is 40.7 Å². The predicted molar refractivity (Wildman–Crippen MR) is 190 cm³/mol. The van der Waals surface area contributed by atoms with Crippen molar-refractivity contribution in [2.75, 3.05) is 5.32 Å². The number of fused-ring (bicyclic) bond motifs is 2. The van der Waals surface area contributed by atoms with Gasteiger partial charge < -0.3 is 23.5 Å². The molecular weight excluding hydrogens is 934 g/mol. The van der Waals surface area contributed by atoms with Crippen LogP contribution in [0.2, 0.25) is 5.28 Å². The number of hydrogen-bond acceptors (Lipinski definition) is 20. The molecule has 290 valence electrons. The molecule has 6 rings (SSSR count). The number of anilines is 2. The Labute approximate surface area is 434 Å². The predicted octanol–water partition coefficient (Wildman–Crippen LogP) is -7.24. The van der Waals surface area contributed by atoms with E-state index in [0.29, 0.717) is 12.1 Å². The second-order valence-electron chi connectivity index (χ2n) is 11.4. The molecule has 0 aliphatic carbocycles. The Kier molecular flexibility index (Phi) is 19.0. The average Bonchev–Trinajstić information content (AvgIpc) is 3.08. The molecule has 0 radical (unpaired) electrons. The molecule has 30 heteroatoms. The molecule has 0 unspecified atom stereocenters. The standard InChI is InChI=1S/C30H22ClN9O12S4.4Na/c1-14-10-27(56(50,51)52)25(13-26(14)55(47,48)49)40-39-24-9-8-22(18-5-3-16(12-20(18)24)54(44,45)46)37-38-23-7-6-21(33-30-35-28(31)34-29(32)36-30)17-4-2-15(11-19(17)23)53(41,42)43;;;;/h2-13H,1H3,(H,41,42,43)(H,44,45,46)(H,47,48,49)(H,50,51,52)(H3,32,33,34,35,36);;;;/q;4*+1/p-4. The number of aryl methyl sites for hydroxylation is 1. The van der Waals surface area contributed by atoms with E-state index < -0.39 is 65.7 Å². The van der Waals surface area contributed by atoms with Crippen molar-refractivity contribution in [3.63, 3.8) is 0 Å². The summed E-state index contributed by atoms with van der Waals surface area (Å²) < 4.78 is 143. The number of aromatic amines is 1. The van der Waals surface area contributed by atoms with Crippen LogP contribution in [-0.4, -0.2) is 66.8 Å². The van der Waals surface area contributed by atoms with Gasteiger partial charge in [-0.1, -0.05) is 12.1 Å². The number of H-pyrrole nitrogens is 1. The fraction of sp³-hybridized carbons (Fsp3) is 0.0333. The van der Waals surface area contributed by atoms with E-state index >= 15 is 0 Å². The summed E-state index contributed by atoms with van der Waals surface area (Å²) in [5.41, 5.74) is -1.51. The minimum Gasteiger partial charge on any atom is -0.744 e. The van der Waals surface area contributed by atoms with Gasteiger partial charge >= 0.3 is 118 Å². The molecule has 1 aromatic heterocycles. The molecule has 1 heterocycles. The summed E-state index contributed by atoms with van der Waals surface area (Å²) in [4.78, 5) is 6.83. The summed E-state index contributed by atoms with van der Waals surface area (Å²) in [5, 5.41) is 26.6. The van der Waals surface area contributed by atoms with Crippen LogP contribution >= 0.6 is 11.6 Å². The molecule has 0 saturated heterocycles. The fourth-order valence-electron chi connectivity index (χ4n) is 5.27. The zero-order valence-electron chi connectivity index (χ0n) is 31.5. The molecule has 21 nitrogen and oxygen atoms in total. The summed E-state index contributed by atoms with van der Waals surface area (Å²) in [5.74, 6) is -0.0153. The number of azo groups is 2. The molecule has 60 heavy (non-hydrogen) atoms. The first-order valence-electron chi connectivity index (χ1n) is 14.9. The molecule has 0 fully saturated rings. The minimum atomic E-state index is -5.30. The van der Waals surface area contributed by atoms with Crippen LogP contribution in [-0.2, 0) is 40.5 Å². The van der Waals surface area contributed by atoms with Crippen LogP contribution in [0.15, 0.2) is 113 Å². The number of benzene rings is 5. The van der Waals surface area contributed by atoms with E-state index in [1.54, 1.807) is 0 Å². The van der Waals surface area contributed by atoms with E-state index in [-0.39, 0.29) is 185 Å². The van der Waals surface area contributed by atoms with Gasteiger partial charge in [0.2, 0.25) is 16.9 Å². The molecule has 3 N–H and O–H groups in total. The van der Waals surface area contributed by atoms with Gasteiger partial charge in [0.25, 0.3) is 0 Å². The molecule has 0 aliphatic rings. The van der Waals surface area contributed by atoms with Crippen molar-refractivity contribution in [1.29, 1.82) is 5.41 Å². The monoisotopic (exact) mass is 951 g/mol. The number of aromatic nitrogens is 3. The third kappa shape index (κ3) is 12.8. The van der Waals surface area contributed by atoms with E-state index in [1.165, 1.54) is 30.3 Å². The summed E-state index contributed by atoms with van der Waals surface area (Å²) in [7, 11) is -20.5. The normalized spacial score (nSPS) is 12.1. The SMILES string of the molecule is Cc1cc(S(=O)(=O)[O-])c(N=Nc2ccc(N=Nc3ccc(Nc4nc(Cl)nc(=N)[nH]4)c4ccc(S(=O)(=O)[O-])cc34)c3ccc(S(=O)(=O)[O-])cc23)cc1S(=O)(=O)[O-].[Na+].[Na+].[Na+].[Na+]. The van der Waals surface area contributed by atoms with E-state index in [4.69, 9.17) is 17.0 Å². The Balaban J connectivity index is 0.00000310. The Hall–Kier alpha value is -1.64. The molecule has 5 aromatic carbocycles. The number of rotatable bonds is 10. The van der Waals surface area contributed by atoms with E-state index in [0.717, 1.165) is 37.3 Å². The smallest absolute Gasteiger partial charge is 0.744 e. The second-order valence-corrected chi connectivity index (χ2v) is 17.2. The topological polar surface area (TPSA) is 356 Å². The molecule has 6 aromatic rings. The number of halogens is 1. The van der Waals surface area contributed by atoms with Gasteiger partial charge in [0.05, 0.1) is 36.6 Å². The van der Waals surface area contributed by atoms with Crippen LogP contribution in [0.1, 0.15) is 5.56 Å². The minimum absolute atomic E-state index is 0. The van der Waals surface area contributed by atoms with Gasteiger partial charge in [-0.3, -0.25) is 10.4 Å². The number of hydrogen-bond donors (Lipinski definition) is 3. The molecule has 0 amide bonds. The third-order valence-corrected chi connectivity index (χ3v) is 11.4. The maximum atomic E-state index is 12.0. The van der Waals surface area contributed by atoms with Crippen molar-refractivity contribution >= 4 is 108 Å². The Morgan fingerprint density at radius 3 is 1.50 bits per heavy atom. The summed E-state index contributed by atoms with van der Waals surface area (Å²) in [6.45, 7) is 1.08. The maximum absolute atomic E-state index is 12.0. The largest absolute Gasteiger partial charge is 1.00 e. The Bertz CT molecular complexity index is 3250. The quantitative estimate of drug-likeness (QED) is 0.0653. The van der Waals surface area contributed by atoms with Crippen molar-refractivity contribution < 1.29 is 170 Å². The van der Waals surface area contributed by atoms with E-state index in [1.807, 2.05) is 0 Å². The first kappa shape index (κ1) is 54.5. The van der Waals surface area contributed by atoms with Crippen molar-refractivity contribution in [2.24, 2.45) is 20.5 Å². The van der Waals surface area contributed by atoms with Gasteiger partial charge in [-0.2, -0.15) is 9.97 Å². The van der Waals surface area contributed by atoms with Gasteiger partial charge in [0.1, 0.15) is 46.2 Å². The summed E-state index contributed by atoms with van der Waals surface area (Å²) in [6.07, 6.45) is 0. The van der Waals surface area contributed by atoms with Crippen molar-refractivity contribution in [3.05, 3.63) is 89.3 Å². The Morgan fingerprint density at radius 2 is 1.02 bits per heavy atom.